The molecule has 178 valence electrons. The van der Waals surface area contributed by atoms with Gasteiger partial charge >= 0.3 is 6.18 Å². The van der Waals surface area contributed by atoms with Crippen molar-refractivity contribution in [2.45, 2.75) is 51.9 Å². The maximum absolute atomic E-state index is 13.4. The molecule has 0 spiro atoms. The minimum atomic E-state index is -4.66. The molecular formula is C23H28F3N5O2. The van der Waals surface area contributed by atoms with Crippen LogP contribution in [0.25, 0.3) is 0 Å². The van der Waals surface area contributed by atoms with Gasteiger partial charge in [0.05, 0.1) is 0 Å². The molecule has 33 heavy (non-hydrogen) atoms. The number of benzene rings is 1. The van der Waals surface area contributed by atoms with Gasteiger partial charge in [0.1, 0.15) is 17.4 Å². The molecular weight excluding hydrogens is 435 g/mol. The average Bonchev–Trinajstić information content (AvgIpc) is 3.40. The third-order valence-corrected chi connectivity index (χ3v) is 6.80. The Labute approximate surface area is 190 Å². The molecule has 1 heterocycles. The molecule has 2 aromatic rings. The minimum absolute atomic E-state index is 0.0761. The van der Waals surface area contributed by atoms with Crippen LogP contribution in [-0.4, -0.2) is 28.5 Å². The van der Waals surface area contributed by atoms with Crippen molar-refractivity contribution >= 4 is 17.5 Å². The number of carbonyl (C=O) groups excluding carboxylic acids is 1. The van der Waals surface area contributed by atoms with Gasteiger partial charge in [0.15, 0.2) is 6.61 Å². The molecule has 0 radical (unpaired) electrons. The number of ether oxygens (including phenoxy) is 1. The van der Waals surface area contributed by atoms with Crippen molar-refractivity contribution in [2.75, 3.05) is 17.2 Å². The Morgan fingerprint density at radius 1 is 1.27 bits per heavy atom. The fourth-order valence-corrected chi connectivity index (χ4v) is 4.95. The number of rotatable bonds is 9. The molecule has 0 unspecified atom stereocenters. The van der Waals surface area contributed by atoms with Gasteiger partial charge in [-0.3, -0.25) is 4.79 Å². The van der Waals surface area contributed by atoms with Gasteiger partial charge in [-0.15, -0.1) is 0 Å². The van der Waals surface area contributed by atoms with E-state index in [1.54, 1.807) is 24.3 Å². The van der Waals surface area contributed by atoms with Gasteiger partial charge in [-0.2, -0.15) is 13.2 Å². The highest BCUT2D eigenvalue weighted by molar-refractivity contribution is 5.75. The summed E-state index contributed by atoms with van der Waals surface area (Å²) < 4.78 is 45.6. The van der Waals surface area contributed by atoms with Crippen LogP contribution in [0.2, 0.25) is 0 Å². The van der Waals surface area contributed by atoms with E-state index in [0.29, 0.717) is 23.0 Å². The molecule has 2 aliphatic rings. The number of primary amides is 1. The predicted octanol–water partition coefficient (Wildman–Crippen LogP) is 4.21. The SMILES string of the molecule is CC(C)[C@@]12CC[C@H](Nc3cc(NCc4cccc(OCC(N)=O)c4)nc(C(F)(F)F)n3)[C@@H]1C2. The lowest BCUT2D eigenvalue weighted by Gasteiger charge is -2.17. The van der Waals surface area contributed by atoms with E-state index < -0.39 is 17.9 Å². The highest BCUT2D eigenvalue weighted by atomic mass is 19.4. The van der Waals surface area contributed by atoms with Crippen molar-refractivity contribution in [1.82, 2.24) is 9.97 Å². The molecule has 1 aromatic heterocycles. The fraction of sp³-hybridized carbons (Fsp3) is 0.522. The summed E-state index contributed by atoms with van der Waals surface area (Å²) in [4.78, 5) is 18.3. The molecule has 4 rings (SSSR count). The zero-order chi connectivity index (χ0) is 23.8. The first-order chi connectivity index (χ1) is 15.6. The van der Waals surface area contributed by atoms with Crippen molar-refractivity contribution in [2.24, 2.45) is 23.0 Å². The van der Waals surface area contributed by atoms with Gasteiger partial charge in [-0.25, -0.2) is 9.97 Å². The minimum Gasteiger partial charge on any atom is -0.484 e. The molecule has 0 bridgehead atoms. The number of nitrogens with one attached hydrogen (secondary N) is 2. The van der Waals surface area contributed by atoms with Gasteiger partial charge in [-0.1, -0.05) is 26.0 Å². The van der Waals surface area contributed by atoms with E-state index in [0.717, 1.165) is 24.8 Å². The maximum Gasteiger partial charge on any atom is 0.451 e. The monoisotopic (exact) mass is 463 g/mol. The highest BCUT2D eigenvalue weighted by Gasteiger charge is 2.62. The Kier molecular flexibility index (Phi) is 6.11. The van der Waals surface area contributed by atoms with Crippen LogP contribution < -0.4 is 21.1 Å². The smallest absolute Gasteiger partial charge is 0.451 e. The molecule has 3 atom stereocenters. The van der Waals surface area contributed by atoms with E-state index in [2.05, 4.69) is 34.4 Å². The van der Waals surface area contributed by atoms with Crippen molar-refractivity contribution in [3.8, 4) is 5.75 Å². The second-order valence-corrected chi connectivity index (χ2v) is 9.20. The van der Waals surface area contributed by atoms with E-state index >= 15 is 0 Å². The standard InChI is InChI=1S/C23H28F3N5O2/c1-13(2)22-7-6-17(16(22)10-22)29-20-9-19(30-21(31-20)23(24,25)26)28-11-14-4-3-5-15(8-14)33-12-18(27)32/h3-5,8-9,13,16-17H,6-7,10-12H2,1-2H3,(H2,27,32)(H2,28,29,30,31)/t16-,17-,22-/m0/s1. The molecule has 4 N–H and O–H groups in total. The fourth-order valence-electron chi connectivity index (χ4n) is 4.95. The Hall–Kier alpha value is -3.04. The van der Waals surface area contributed by atoms with Gasteiger partial charge in [-0.05, 0) is 54.2 Å². The van der Waals surface area contributed by atoms with Crippen LogP contribution in [0, 0.1) is 17.3 Å². The van der Waals surface area contributed by atoms with E-state index in [-0.39, 0.29) is 30.8 Å². The van der Waals surface area contributed by atoms with Crippen molar-refractivity contribution < 1.29 is 22.7 Å². The van der Waals surface area contributed by atoms with Crippen molar-refractivity contribution in [3.63, 3.8) is 0 Å². The highest BCUT2D eigenvalue weighted by Crippen LogP contribution is 2.67. The van der Waals surface area contributed by atoms with E-state index in [9.17, 15) is 18.0 Å². The molecule has 10 heteroatoms. The molecule has 2 saturated carbocycles. The summed E-state index contributed by atoms with van der Waals surface area (Å²) in [5.74, 6) is -0.0574. The van der Waals surface area contributed by atoms with E-state index in [1.165, 1.54) is 6.07 Å². The van der Waals surface area contributed by atoms with E-state index in [4.69, 9.17) is 10.5 Å². The second kappa shape index (κ2) is 8.72. The third-order valence-electron chi connectivity index (χ3n) is 6.80. The summed E-state index contributed by atoms with van der Waals surface area (Å²) in [5, 5.41) is 6.18. The van der Waals surface area contributed by atoms with Crippen LogP contribution >= 0.6 is 0 Å². The quantitative estimate of drug-likeness (QED) is 0.515. The number of alkyl halides is 3. The summed E-state index contributed by atoms with van der Waals surface area (Å²) in [6.45, 7) is 4.38. The normalized spacial score (nSPS) is 23.8. The maximum atomic E-state index is 13.4. The largest absolute Gasteiger partial charge is 0.484 e. The van der Waals surface area contributed by atoms with Gasteiger partial charge in [0.2, 0.25) is 5.82 Å². The molecule has 1 amide bonds. The molecule has 7 nitrogen and oxygen atoms in total. The Balaban J connectivity index is 1.47. The Morgan fingerprint density at radius 3 is 2.67 bits per heavy atom. The summed E-state index contributed by atoms with van der Waals surface area (Å²) in [6.07, 6.45) is -1.54. The van der Waals surface area contributed by atoms with Crippen LogP contribution in [0.1, 0.15) is 44.5 Å². The summed E-state index contributed by atoms with van der Waals surface area (Å²) in [7, 11) is 0. The number of hydrogen-bond acceptors (Lipinski definition) is 6. The lowest BCUT2D eigenvalue weighted by Crippen LogP contribution is -2.22. The number of fused-ring (bicyclic) bond motifs is 1. The van der Waals surface area contributed by atoms with Crippen LogP contribution in [0.3, 0.4) is 0 Å². The number of aromatic nitrogens is 2. The Bertz CT molecular complexity index is 1030. The number of anilines is 2. The number of halogens is 3. The lowest BCUT2D eigenvalue weighted by molar-refractivity contribution is -0.144. The Morgan fingerprint density at radius 2 is 2.03 bits per heavy atom. The van der Waals surface area contributed by atoms with Crippen molar-refractivity contribution in [3.05, 3.63) is 41.7 Å². The molecule has 2 aliphatic carbocycles. The second-order valence-electron chi connectivity index (χ2n) is 9.20. The number of amides is 1. The number of nitrogens with two attached hydrogens (primary N) is 1. The van der Waals surface area contributed by atoms with Gasteiger partial charge in [0.25, 0.3) is 5.91 Å². The topological polar surface area (TPSA) is 102 Å². The first kappa shape index (κ1) is 23.1. The third kappa shape index (κ3) is 5.15. The van der Waals surface area contributed by atoms with Crippen molar-refractivity contribution in [1.29, 1.82) is 0 Å². The van der Waals surface area contributed by atoms with Crippen LogP contribution in [0.15, 0.2) is 30.3 Å². The lowest BCUT2D eigenvalue weighted by atomic mass is 9.90. The molecule has 1 aromatic carbocycles. The van der Waals surface area contributed by atoms with Gasteiger partial charge < -0.3 is 21.1 Å². The number of carbonyl (C=O) groups is 1. The van der Waals surface area contributed by atoms with Crippen LogP contribution in [0.5, 0.6) is 5.75 Å². The van der Waals surface area contributed by atoms with Crippen LogP contribution in [-0.2, 0) is 17.5 Å². The predicted molar refractivity (Wildman–Crippen MR) is 118 cm³/mol. The van der Waals surface area contributed by atoms with Gasteiger partial charge in [0, 0.05) is 18.7 Å². The zero-order valence-corrected chi connectivity index (χ0v) is 18.6. The molecule has 0 aliphatic heterocycles. The average molecular weight is 464 g/mol. The summed E-state index contributed by atoms with van der Waals surface area (Å²) in [5.41, 5.74) is 6.14. The summed E-state index contributed by atoms with van der Waals surface area (Å²) in [6, 6.07) is 8.48. The number of hydrogen-bond donors (Lipinski definition) is 3. The van der Waals surface area contributed by atoms with Crippen LogP contribution in [0.4, 0.5) is 24.8 Å². The zero-order valence-electron chi connectivity index (χ0n) is 18.6. The number of nitrogens with zero attached hydrogens (tertiary/aromatic N) is 2. The first-order valence-electron chi connectivity index (χ1n) is 11.0. The van der Waals surface area contributed by atoms with E-state index in [1.807, 2.05) is 0 Å². The molecule has 0 saturated heterocycles. The molecule has 2 fully saturated rings. The summed E-state index contributed by atoms with van der Waals surface area (Å²) >= 11 is 0. The first-order valence-corrected chi connectivity index (χ1v) is 11.0.